The van der Waals surface area contributed by atoms with Crippen LogP contribution in [0.3, 0.4) is 0 Å². The molecule has 22 heavy (non-hydrogen) atoms. The summed E-state index contributed by atoms with van der Waals surface area (Å²) in [5.74, 6) is -0.233. The van der Waals surface area contributed by atoms with Crippen LogP contribution in [-0.4, -0.2) is 18.1 Å². The third-order valence-corrected chi connectivity index (χ3v) is 4.37. The van der Waals surface area contributed by atoms with Crippen molar-refractivity contribution in [3.8, 4) is 16.9 Å². The minimum absolute atomic E-state index is 0.000648. The fourth-order valence-corrected chi connectivity index (χ4v) is 3.23. The molecule has 0 saturated heterocycles. The molecule has 5 nitrogen and oxygen atoms in total. The number of rotatable bonds is 2. The van der Waals surface area contributed by atoms with Gasteiger partial charge in [0.2, 0.25) is 0 Å². The summed E-state index contributed by atoms with van der Waals surface area (Å²) >= 11 is 0. The van der Waals surface area contributed by atoms with Crippen LogP contribution >= 0.6 is 0 Å². The van der Waals surface area contributed by atoms with Crippen LogP contribution in [0.4, 0.5) is 5.69 Å². The Bertz CT molecular complexity index is 981. The predicted octanol–water partition coefficient (Wildman–Crippen LogP) is 3.04. The molecule has 0 fully saturated rings. The zero-order chi connectivity index (χ0) is 15.9. The Hall–Kier alpha value is -2.57. The molecular formula is C16H13NO4S. The molecule has 4 N–H and O–H groups in total. The summed E-state index contributed by atoms with van der Waals surface area (Å²) < 4.78 is 33.0. The number of anilines is 1. The lowest BCUT2D eigenvalue weighted by Gasteiger charge is -2.14. The Balaban J connectivity index is 2.52. The molecule has 6 heteroatoms. The molecule has 0 atom stereocenters. The normalized spacial score (nSPS) is 11.7. The second kappa shape index (κ2) is 5.01. The molecule has 0 unspecified atom stereocenters. The first-order valence-electron chi connectivity index (χ1n) is 6.46. The quantitative estimate of drug-likeness (QED) is 0.498. The average Bonchev–Trinajstić information content (AvgIpc) is 2.47. The summed E-state index contributed by atoms with van der Waals surface area (Å²) in [6.45, 7) is 0. The summed E-state index contributed by atoms with van der Waals surface area (Å²) in [7, 11) is -4.53. The van der Waals surface area contributed by atoms with E-state index in [2.05, 4.69) is 0 Å². The van der Waals surface area contributed by atoms with E-state index in [0.29, 0.717) is 22.0 Å². The van der Waals surface area contributed by atoms with E-state index in [9.17, 15) is 18.1 Å². The molecule has 0 bridgehead atoms. The molecule has 0 aliphatic heterocycles. The van der Waals surface area contributed by atoms with Gasteiger partial charge >= 0.3 is 0 Å². The SMILES string of the molecule is Nc1ccccc1-c1c(S(=O)(=O)O)cc2ccccc2c1O. The number of nitrogen functional groups attached to an aromatic ring is 1. The molecule has 3 aromatic carbocycles. The molecule has 0 aliphatic rings. The molecule has 0 radical (unpaired) electrons. The Morgan fingerprint density at radius 1 is 0.955 bits per heavy atom. The topological polar surface area (TPSA) is 101 Å². The van der Waals surface area contributed by atoms with Crippen molar-refractivity contribution in [1.29, 1.82) is 0 Å². The number of phenolic OH excluding ortho intramolecular Hbond substituents is 1. The first-order chi connectivity index (χ1) is 10.4. The summed E-state index contributed by atoms with van der Waals surface area (Å²) in [5, 5.41) is 11.5. The molecule has 0 heterocycles. The Kier molecular flexibility index (Phi) is 3.27. The zero-order valence-electron chi connectivity index (χ0n) is 11.4. The number of benzene rings is 3. The highest BCUT2D eigenvalue weighted by atomic mass is 32.2. The van der Waals surface area contributed by atoms with Crippen LogP contribution in [0.25, 0.3) is 21.9 Å². The Labute approximate surface area is 127 Å². The first-order valence-corrected chi connectivity index (χ1v) is 7.90. The Morgan fingerprint density at radius 2 is 1.59 bits per heavy atom. The molecule has 3 aromatic rings. The fraction of sp³-hybridized carbons (Fsp3) is 0. The van der Waals surface area contributed by atoms with E-state index < -0.39 is 10.1 Å². The van der Waals surface area contributed by atoms with Crippen LogP contribution in [0.5, 0.6) is 5.75 Å². The highest BCUT2D eigenvalue weighted by Crippen LogP contribution is 2.42. The maximum absolute atomic E-state index is 11.7. The van der Waals surface area contributed by atoms with Crippen LogP contribution in [-0.2, 0) is 10.1 Å². The third-order valence-electron chi connectivity index (χ3n) is 3.49. The van der Waals surface area contributed by atoms with Crippen LogP contribution in [0.1, 0.15) is 0 Å². The van der Waals surface area contributed by atoms with Crippen LogP contribution in [0.2, 0.25) is 0 Å². The number of phenols is 1. The van der Waals surface area contributed by atoms with Crippen molar-refractivity contribution in [2.75, 3.05) is 5.73 Å². The van der Waals surface area contributed by atoms with Gasteiger partial charge in [-0.1, -0.05) is 42.5 Å². The van der Waals surface area contributed by atoms with E-state index in [4.69, 9.17) is 5.73 Å². The second-order valence-corrected chi connectivity index (χ2v) is 6.27. The molecule has 112 valence electrons. The van der Waals surface area contributed by atoms with Gasteiger partial charge < -0.3 is 10.8 Å². The number of para-hydroxylation sites is 1. The molecular weight excluding hydrogens is 302 g/mol. The number of nitrogens with two attached hydrogens (primary N) is 1. The summed E-state index contributed by atoms with van der Waals surface area (Å²) in [5.41, 5.74) is 6.54. The minimum Gasteiger partial charge on any atom is -0.507 e. The van der Waals surface area contributed by atoms with Gasteiger partial charge in [0.25, 0.3) is 10.1 Å². The van der Waals surface area contributed by atoms with E-state index in [1.165, 1.54) is 6.07 Å². The third kappa shape index (κ3) is 2.28. The van der Waals surface area contributed by atoms with E-state index in [1.54, 1.807) is 48.5 Å². The summed E-state index contributed by atoms with van der Waals surface area (Å²) in [6, 6.07) is 14.7. The highest BCUT2D eigenvalue weighted by molar-refractivity contribution is 7.86. The minimum atomic E-state index is -4.53. The van der Waals surface area contributed by atoms with Crippen molar-refractivity contribution in [1.82, 2.24) is 0 Å². The second-order valence-electron chi connectivity index (χ2n) is 4.88. The lowest BCUT2D eigenvalue weighted by molar-refractivity contribution is 0.473. The first kappa shape index (κ1) is 14.4. The van der Waals surface area contributed by atoms with E-state index in [-0.39, 0.29) is 16.2 Å². The Morgan fingerprint density at radius 3 is 2.27 bits per heavy atom. The summed E-state index contributed by atoms with van der Waals surface area (Å²) in [4.78, 5) is -0.374. The van der Waals surface area contributed by atoms with Gasteiger partial charge in [0.1, 0.15) is 10.6 Å². The lowest BCUT2D eigenvalue weighted by Crippen LogP contribution is -2.03. The molecule has 0 aliphatic carbocycles. The van der Waals surface area contributed by atoms with Crippen molar-refractivity contribution in [3.05, 3.63) is 54.6 Å². The van der Waals surface area contributed by atoms with Gasteiger partial charge in [0, 0.05) is 22.2 Å². The van der Waals surface area contributed by atoms with Crippen molar-refractivity contribution in [3.63, 3.8) is 0 Å². The average molecular weight is 315 g/mol. The summed E-state index contributed by atoms with van der Waals surface area (Å²) in [6.07, 6.45) is 0. The van der Waals surface area contributed by atoms with Crippen LogP contribution < -0.4 is 5.73 Å². The van der Waals surface area contributed by atoms with Gasteiger partial charge in [0.15, 0.2) is 0 Å². The number of aromatic hydroxyl groups is 1. The predicted molar refractivity (Wildman–Crippen MR) is 85.3 cm³/mol. The number of fused-ring (bicyclic) bond motifs is 1. The van der Waals surface area contributed by atoms with Crippen molar-refractivity contribution >= 4 is 26.6 Å². The zero-order valence-corrected chi connectivity index (χ0v) is 12.2. The molecule has 3 rings (SSSR count). The fourth-order valence-electron chi connectivity index (χ4n) is 2.49. The maximum Gasteiger partial charge on any atom is 0.295 e. The van der Waals surface area contributed by atoms with Crippen molar-refractivity contribution < 1.29 is 18.1 Å². The largest absolute Gasteiger partial charge is 0.507 e. The van der Waals surface area contributed by atoms with Gasteiger partial charge in [-0.2, -0.15) is 8.42 Å². The van der Waals surface area contributed by atoms with E-state index in [1.807, 2.05) is 0 Å². The lowest BCUT2D eigenvalue weighted by atomic mass is 9.98. The highest BCUT2D eigenvalue weighted by Gasteiger charge is 2.23. The van der Waals surface area contributed by atoms with Crippen molar-refractivity contribution in [2.45, 2.75) is 4.90 Å². The molecule has 0 spiro atoms. The molecule has 0 amide bonds. The molecule has 0 saturated carbocycles. The van der Waals surface area contributed by atoms with Gasteiger partial charge in [0.05, 0.1) is 0 Å². The molecule has 0 aromatic heterocycles. The van der Waals surface area contributed by atoms with E-state index >= 15 is 0 Å². The van der Waals surface area contributed by atoms with Crippen molar-refractivity contribution in [2.24, 2.45) is 0 Å². The van der Waals surface area contributed by atoms with Gasteiger partial charge in [-0.25, -0.2) is 0 Å². The van der Waals surface area contributed by atoms with Crippen LogP contribution in [0.15, 0.2) is 59.5 Å². The smallest absolute Gasteiger partial charge is 0.295 e. The van der Waals surface area contributed by atoms with Gasteiger partial charge in [-0.05, 0) is 17.5 Å². The van der Waals surface area contributed by atoms with Gasteiger partial charge in [-0.3, -0.25) is 4.55 Å². The van der Waals surface area contributed by atoms with Gasteiger partial charge in [-0.15, -0.1) is 0 Å². The number of hydrogen-bond acceptors (Lipinski definition) is 4. The standard InChI is InChI=1S/C16H13NO4S/c17-13-8-4-3-7-12(13)15-14(22(19,20)21)9-10-5-1-2-6-11(10)16(15)18/h1-9,18H,17H2,(H,19,20,21). The maximum atomic E-state index is 11.7. The van der Waals surface area contributed by atoms with Crippen LogP contribution in [0, 0.1) is 0 Å². The monoisotopic (exact) mass is 315 g/mol. The number of hydrogen-bond donors (Lipinski definition) is 3. The van der Waals surface area contributed by atoms with E-state index in [0.717, 1.165) is 0 Å².